The summed E-state index contributed by atoms with van der Waals surface area (Å²) in [5.41, 5.74) is 1.85. The first-order chi connectivity index (χ1) is 12.1. The molecule has 3 aromatic rings. The van der Waals surface area contributed by atoms with Crippen LogP contribution in [0.5, 0.6) is 0 Å². The third-order valence-electron chi connectivity index (χ3n) is 3.98. The summed E-state index contributed by atoms with van der Waals surface area (Å²) >= 11 is 6.47. The minimum absolute atomic E-state index is 0.134. The Morgan fingerprint density at radius 1 is 0.960 bits per heavy atom. The van der Waals surface area contributed by atoms with Crippen LogP contribution < -0.4 is 0 Å². The summed E-state index contributed by atoms with van der Waals surface area (Å²) in [6, 6.07) is 23.1. The fourth-order valence-electron chi connectivity index (χ4n) is 2.70. The van der Waals surface area contributed by atoms with Crippen LogP contribution in [0, 0.1) is 6.92 Å². The molecular formula is C21H20ClNO2. The van der Waals surface area contributed by atoms with Crippen LogP contribution in [0.25, 0.3) is 0 Å². The molecule has 0 aliphatic rings. The largest absolute Gasteiger partial charge is 0.464 e. The maximum absolute atomic E-state index is 13.0. The summed E-state index contributed by atoms with van der Waals surface area (Å²) in [6.07, 6.45) is 0. The van der Waals surface area contributed by atoms with Crippen molar-refractivity contribution in [3.05, 3.63) is 95.4 Å². The van der Waals surface area contributed by atoms with Crippen molar-refractivity contribution in [1.29, 1.82) is 0 Å². The normalized spacial score (nSPS) is 11.9. The number of rotatable bonds is 6. The number of aryl methyl sites for hydroxylation is 1. The first-order valence-electron chi connectivity index (χ1n) is 8.20. The van der Waals surface area contributed by atoms with E-state index in [4.69, 9.17) is 16.0 Å². The van der Waals surface area contributed by atoms with Gasteiger partial charge in [0.15, 0.2) is 0 Å². The Morgan fingerprint density at radius 3 is 2.20 bits per heavy atom. The monoisotopic (exact) mass is 353 g/mol. The highest BCUT2D eigenvalue weighted by Crippen LogP contribution is 2.25. The van der Waals surface area contributed by atoms with E-state index in [0.29, 0.717) is 13.1 Å². The quantitative estimate of drug-likeness (QED) is 0.578. The van der Waals surface area contributed by atoms with Gasteiger partial charge in [0.1, 0.15) is 16.9 Å². The van der Waals surface area contributed by atoms with Crippen LogP contribution >= 0.6 is 11.6 Å². The van der Waals surface area contributed by atoms with E-state index >= 15 is 0 Å². The van der Waals surface area contributed by atoms with Crippen LogP contribution in [0.1, 0.15) is 28.0 Å². The maximum atomic E-state index is 13.0. The zero-order chi connectivity index (χ0) is 17.6. The van der Waals surface area contributed by atoms with Crippen molar-refractivity contribution in [3.8, 4) is 0 Å². The Morgan fingerprint density at radius 2 is 1.60 bits per heavy atom. The van der Waals surface area contributed by atoms with Crippen molar-refractivity contribution in [1.82, 2.24) is 4.90 Å². The molecule has 0 aliphatic carbocycles. The molecule has 1 amide bonds. The number of hydrogen-bond acceptors (Lipinski definition) is 2. The van der Waals surface area contributed by atoms with Crippen LogP contribution in [0.4, 0.5) is 0 Å². The van der Waals surface area contributed by atoms with Gasteiger partial charge in [-0.3, -0.25) is 4.79 Å². The lowest BCUT2D eigenvalue weighted by Crippen LogP contribution is -2.32. The van der Waals surface area contributed by atoms with Crippen LogP contribution in [-0.4, -0.2) is 10.8 Å². The van der Waals surface area contributed by atoms with Crippen molar-refractivity contribution in [2.24, 2.45) is 0 Å². The highest BCUT2D eigenvalue weighted by Gasteiger charge is 2.25. The second-order valence-electron chi connectivity index (χ2n) is 5.97. The van der Waals surface area contributed by atoms with Crippen LogP contribution in [0.15, 0.2) is 77.2 Å². The lowest BCUT2D eigenvalue weighted by Gasteiger charge is -2.24. The second kappa shape index (κ2) is 8.04. The molecular weight excluding hydrogens is 334 g/mol. The van der Waals surface area contributed by atoms with E-state index in [2.05, 4.69) is 0 Å². The molecule has 0 radical (unpaired) electrons. The van der Waals surface area contributed by atoms with E-state index in [1.165, 1.54) is 0 Å². The fourth-order valence-corrected chi connectivity index (χ4v) is 2.98. The Labute approximate surface area is 152 Å². The van der Waals surface area contributed by atoms with Gasteiger partial charge in [-0.2, -0.15) is 0 Å². The van der Waals surface area contributed by atoms with E-state index in [9.17, 15) is 4.79 Å². The van der Waals surface area contributed by atoms with Crippen LogP contribution in [0.3, 0.4) is 0 Å². The number of hydrogen-bond donors (Lipinski definition) is 0. The molecule has 3 rings (SSSR count). The van der Waals surface area contributed by atoms with Gasteiger partial charge in [-0.25, -0.2) is 0 Å². The molecule has 0 saturated carbocycles. The van der Waals surface area contributed by atoms with Crippen molar-refractivity contribution in [2.75, 3.05) is 0 Å². The molecule has 4 heteroatoms. The van der Waals surface area contributed by atoms with E-state index in [1.54, 1.807) is 4.90 Å². The Hall–Kier alpha value is -2.52. The zero-order valence-electron chi connectivity index (χ0n) is 14.1. The van der Waals surface area contributed by atoms with Gasteiger partial charge in [0.05, 0.1) is 6.54 Å². The van der Waals surface area contributed by atoms with Gasteiger partial charge in [-0.05, 0) is 30.2 Å². The Kier molecular flexibility index (Phi) is 5.56. The number of carbonyl (C=O) groups is 1. The van der Waals surface area contributed by atoms with Crippen LogP contribution in [0.2, 0.25) is 0 Å². The standard InChI is InChI=1S/C21H20ClNO2/c1-16-12-13-19(25-16)15-23(14-17-8-4-2-5-9-17)21(24)20(22)18-10-6-3-7-11-18/h2-13,20H,14-15H2,1H3. The molecule has 0 saturated heterocycles. The molecule has 0 spiro atoms. The van der Waals surface area contributed by atoms with Crippen molar-refractivity contribution in [2.45, 2.75) is 25.4 Å². The van der Waals surface area contributed by atoms with E-state index in [0.717, 1.165) is 22.6 Å². The maximum Gasteiger partial charge on any atom is 0.245 e. The van der Waals surface area contributed by atoms with Gasteiger partial charge in [0, 0.05) is 6.54 Å². The Bertz CT molecular complexity index is 814. The minimum Gasteiger partial charge on any atom is -0.464 e. The van der Waals surface area contributed by atoms with Crippen molar-refractivity contribution < 1.29 is 9.21 Å². The fraction of sp³-hybridized carbons (Fsp3) is 0.190. The Balaban J connectivity index is 1.82. The summed E-state index contributed by atoms with van der Waals surface area (Å²) in [5.74, 6) is 1.44. The SMILES string of the molecule is Cc1ccc(CN(Cc2ccccc2)C(=O)C(Cl)c2ccccc2)o1. The lowest BCUT2D eigenvalue weighted by molar-refractivity contribution is -0.132. The van der Waals surface area contributed by atoms with E-state index in [-0.39, 0.29) is 5.91 Å². The molecule has 128 valence electrons. The van der Waals surface area contributed by atoms with Crippen LogP contribution in [-0.2, 0) is 17.9 Å². The summed E-state index contributed by atoms with van der Waals surface area (Å²) in [5, 5.41) is -0.721. The number of nitrogens with zero attached hydrogens (tertiary/aromatic N) is 1. The summed E-state index contributed by atoms with van der Waals surface area (Å²) < 4.78 is 5.65. The number of carbonyl (C=O) groups excluding carboxylic acids is 1. The van der Waals surface area contributed by atoms with Crippen molar-refractivity contribution >= 4 is 17.5 Å². The predicted molar refractivity (Wildman–Crippen MR) is 99.2 cm³/mol. The topological polar surface area (TPSA) is 33.5 Å². The summed E-state index contributed by atoms with van der Waals surface area (Å²) in [7, 11) is 0. The molecule has 0 bridgehead atoms. The molecule has 2 aromatic carbocycles. The first-order valence-corrected chi connectivity index (χ1v) is 8.64. The molecule has 1 heterocycles. The smallest absolute Gasteiger partial charge is 0.245 e. The average molecular weight is 354 g/mol. The van der Waals surface area contributed by atoms with Gasteiger partial charge < -0.3 is 9.32 Å². The molecule has 0 N–H and O–H groups in total. The average Bonchev–Trinajstić information content (AvgIpc) is 3.06. The molecule has 1 unspecified atom stereocenters. The zero-order valence-corrected chi connectivity index (χ0v) is 14.8. The number of benzene rings is 2. The molecule has 1 atom stereocenters. The number of furan rings is 1. The molecule has 0 aliphatic heterocycles. The summed E-state index contributed by atoms with van der Waals surface area (Å²) in [4.78, 5) is 14.7. The van der Waals surface area contributed by atoms with Gasteiger partial charge in [-0.1, -0.05) is 60.7 Å². The highest BCUT2D eigenvalue weighted by atomic mass is 35.5. The predicted octanol–water partition coefficient (Wildman–Crippen LogP) is 5.10. The van der Waals surface area contributed by atoms with Gasteiger partial charge in [0.25, 0.3) is 0 Å². The van der Waals surface area contributed by atoms with Gasteiger partial charge in [-0.15, -0.1) is 11.6 Å². The second-order valence-corrected chi connectivity index (χ2v) is 6.40. The molecule has 3 nitrogen and oxygen atoms in total. The lowest BCUT2D eigenvalue weighted by atomic mass is 10.1. The number of halogens is 1. The van der Waals surface area contributed by atoms with Crippen molar-refractivity contribution in [3.63, 3.8) is 0 Å². The van der Waals surface area contributed by atoms with Gasteiger partial charge in [0.2, 0.25) is 5.91 Å². The highest BCUT2D eigenvalue weighted by molar-refractivity contribution is 6.30. The molecule has 0 fully saturated rings. The number of alkyl halides is 1. The molecule has 1 aromatic heterocycles. The first kappa shape index (κ1) is 17.3. The van der Waals surface area contributed by atoms with Gasteiger partial charge >= 0.3 is 0 Å². The van der Waals surface area contributed by atoms with E-state index in [1.807, 2.05) is 79.7 Å². The van der Waals surface area contributed by atoms with E-state index < -0.39 is 5.38 Å². The number of amides is 1. The molecule has 25 heavy (non-hydrogen) atoms. The third-order valence-corrected chi connectivity index (χ3v) is 4.42. The third kappa shape index (κ3) is 4.52. The summed E-state index contributed by atoms with van der Waals surface area (Å²) in [6.45, 7) is 2.76. The minimum atomic E-state index is -0.721.